The number of amides is 1. The summed E-state index contributed by atoms with van der Waals surface area (Å²) in [6, 6.07) is 2.35. The lowest BCUT2D eigenvalue weighted by Gasteiger charge is -2.35. The minimum atomic E-state index is 0.0452. The smallest absolute Gasteiger partial charge is 0.222 e. The van der Waals surface area contributed by atoms with Crippen LogP contribution in [0.1, 0.15) is 49.5 Å². The Bertz CT molecular complexity index is 764. The number of anilines is 1. The van der Waals surface area contributed by atoms with E-state index in [1.165, 1.54) is 12.8 Å². The largest absolute Gasteiger partial charge is 0.357 e. The molecule has 2 aromatic rings. The van der Waals surface area contributed by atoms with Crippen LogP contribution in [-0.2, 0) is 11.3 Å². The highest BCUT2D eigenvalue weighted by Crippen LogP contribution is 2.36. The molecule has 0 atom stereocenters. The Balaban J connectivity index is 1.24. The molecule has 26 heavy (non-hydrogen) atoms. The van der Waals surface area contributed by atoms with E-state index in [1.54, 1.807) is 11.0 Å². The van der Waals surface area contributed by atoms with Gasteiger partial charge in [0.15, 0.2) is 0 Å². The molecule has 1 amide bonds. The summed E-state index contributed by atoms with van der Waals surface area (Å²) >= 11 is 0. The average molecular weight is 356 g/mol. The molecule has 1 aliphatic carbocycles. The molecule has 0 bridgehead atoms. The van der Waals surface area contributed by atoms with Crippen LogP contribution in [0.5, 0.6) is 0 Å². The van der Waals surface area contributed by atoms with E-state index in [-0.39, 0.29) is 11.9 Å². The van der Waals surface area contributed by atoms with Crippen molar-refractivity contribution in [3.8, 4) is 0 Å². The Hall–Kier alpha value is -2.58. The third-order valence-electron chi connectivity index (χ3n) is 5.29. The predicted octanol–water partition coefficient (Wildman–Crippen LogP) is 0.824. The first kappa shape index (κ1) is 16.9. The highest BCUT2D eigenvalue weighted by atomic mass is 16.1. The summed E-state index contributed by atoms with van der Waals surface area (Å²) in [4.78, 5) is 23.3. The molecular formula is C17H24N8O. The van der Waals surface area contributed by atoms with Gasteiger partial charge in [-0.25, -0.2) is 14.6 Å². The number of carbonyl (C=O) groups excluding carboxylic acids is 1. The second kappa shape index (κ2) is 7.35. The van der Waals surface area contributed by atoms with Gasteiger partial charge in [0.25, 0.3) is 0 Å². The molecule has 0 unspecified atom stereocenters. The highest BCUT2D eigenvalue weighted by Gasteiger charge is 2.32. The fourth-order valence-corrected chi connectivity index (χ4v) is 3.64. The Morgan fingerprint density at radius 3 is 2.81 bits per heavy atom. The molecule has 4 rings (SSSR count). The van der Waals surface area contributed by atoms with Gasteiger partial charge in [0.2, 0.25) is 5.91 Å². The van der Waals surface area contributed by atoms with E-state index in [9.17, 15) is 4.79 Å². The van der Waals surface area contributed by atoms with Gasteiger partial charge in [0.1, 0.15) is 18.0 Å². The van der Waals surface area contributed by atoms with Gasteiger partial charge in [-0.15, -0.1) is 5.10 Å². The van der Waals surface area contributed by atoms with Crippen LogP contribution in [0.2, 0.25) is 0 Å². The van der Waals surface area contributed by atoms with E-state index in [1.807, 2.05) is 6.92 Å². The lowest BCUT2D eigenvalue weighted by molar-refractivity contribution is -0.122. The molecule has 2 aromatic heterocycles. The maximum absolute atomic E-state index is 12.1. The van der Waals surface area contributed by atoms with Gasteiger partial charge in [0, 0.05) is 43.2 Å². The van der Waals surface area contributed by atoms with Crippen LogP contribution in [0, 0.1) is 6.92 Å². The molecule has 0 radical (unpaired) electrons. The van der Waals surface area contributed by atoms with Crippen molar-refractivity contribution < 1.29 is 4.79 Å². The van der Waals surface area contributed by atoms with Crippen LogP contribution in [0.15, 0.2) is 12.4 Å². The van der Waals surface area contributed by atoms with Crippen molar-refractivity contribution in [3.63, 3.8) is 0 Å². The third-order valence-corrected chi connectivity index (χ3v) is 5.29. The maximum atomic E-state index is 12.1. The van der Waals surface area contributed by atoms with E-state index in [0.29, 0.717) is 18.9 Å². The summed E-state index contributed by atoms with van der Waals surface area (Å²) in [5.74, 6) is 2.21. The molecule has 1 saturated heterocycles. The molecule has 9 heteroatoms. The Morgan fingerprint density at radius 1 is 1.27 bits per heavy atom. The summed E-state index contributed by atoms with van der Waals surface area (Å²) in [6.45, 7) is 4.50. The van der Waals surface area contributed by atoms with Gasteiger partial charge >= 0.3 is 0 Å². The molecule has 9 nitrogen and oxygen atoms in total. The van der Waals surface area contributed by atoms with E-state index in [4.69, 9.17) is 0 Å². The molecular weight excluding hydrogens is 332 g/mol. The monoisotopic (exact) mass is 356 g/mol. The first-order valence-electron chi connectivity index (χ1n) is 9.28. The Labute approximate surface area is 152 Å². The van der Waals surface area contributed by atoms with Crippen molar-refractivity contribution in [1.82, 2.24) is 35.5 Å². The Morgan fingerprint density at radius 2 is 2.08 bits per heavy atom. The lowest BCUT2D eigenvalue weighted by atomic mass is 9.78. The molecule has 0 spiro atoms. The topological polar surface area (TPSA) is 102 Å². The maximum Gasteiger partial charge on any atom is 0.222 e. The number of tetrazole rings is 1. The SMILES string of the molecule is Cc1nnnn1CCC(=O)NC1CC(c2cc(N3CCCC3)ncn2)C1. The first-order chi connectivity index (χ1) is 12.7. The van der Waals surface area contributed by atoms with Crippen LogP contribution < -0.4 is 10.2 Å². The van der Waals surface area contributed by atoms with E-state index in [2.05, 4.69) is 41.8 Å². The van der Waals surface area contributed by atoms with Crippen molar-refractivity contribution in [2.45, 2.75) is 57.5 Å². The zero-order valence-electron chi connectivity index (χ0n) is 15.0. The second-order valence-electron chi connectivity index (χ2n) is 7.13. The van der Waals surface area contributed by atoms with E-state index in [0.717, 1.165) is 43.3 Å². The van der Waals surface area contributed by atoms with Gasteiger partial charge in [-0.05, 0) is 43.0 Å². The summed E-state index contributed by atoms with van der Waals surface area (Å²) in [7, 11) is 0. The van der Waals surface area contributed by atoms with E-state index < -0.39 is 0 Å². The third kappa shape index (κ3) is 3.66. The van der Waals surface area contributed by atoms with Gasteiger partial charge in [-0.3, -0.25) is 4.79 Å². The number of nitrogens with one attached hydrogen (secondary N) is 1. The van der Waals surface area contributed by atoms with Gasteiger partial charge in [-0.2, -0.15) is 0 Å². The highest BCUT2D eigenvalue weighted by molar-refractivity contribution is 5.76. The standard InChI is InChI=1S/C17H24N8O/c1-12-21-22-23-25(12)7-4-17(26)20-14-8-13(9-14)15-10-16(19-11-18-15)24-5-2-3-6-24/h10-11,13-14H,2-9H2,1H3,(H,20,26). The van der Waals surface area contributed by atoms with Crippen LogP contribution in [0.25, 0.3) is 0 Å². The zero-order valence-corrected chi connectivity index (χ0v) is 15.0. The van der Waals surface area contributed by atoms with Gasteiger partial charge < -0.3 is 10.2 Å². The van der Waals surface area contributed by atoms with Crippen molar-refractivity contribution in [1.29, 1.82) is 0 Å². The molecule has 1 aliphatic heterocycles. The predicted molar refractivity (Wildman–Crippen MR) is 94.6 cm³/mol. The summed E-state index contributed by atoms with van der Waals surface area (Å²) in [5, 5.41) is 14.3. The molecule has 0 aromatic carbocycles. The molecule has 1 saturated carbocycles. The summed E-state index contributed by atoms with van der Waals surface area (Å²) < 4.78 is 1.64. The number of hydrogen-bond acceptors (Lipinski definition) is 7. The lowest BCUT2D eigenvalue weighted by Crippen LogP contribution is -2.43. The fourth-order valence-electron chi connectivity index (χ4n) is 3.64. The molecule has 3 heterocycles. The van der Waals surface area contributed by atoms with Crippen LogP contribution in [-0.4, -0.2) is 55.2 Å². The minimum Gasteiger partial charge on any atom is -0.357 e. The second-order valence-corrected chi connectivity index (χ2v) is 7.13. The zero-order chi connectivity index (χ0) is 17.9. The molecule has 2 aliphatic rings. The number of carbonyl (C=O) groups is 1. The first-order valence-corrected chi connectivity index (χ1v) is 9.28. The summed E-state index contributed by atoms with van der Waals surface area (Å²) in [5.41, 5.74) is 1.09. The van der Waals surface area contributed by atoms with Crippen LogP contribution >= 0.6 is 0 Å². The van der Waals surface area contributed by atoms with Crippen molar-refractivity contribution >= 4 is 11.7 Å². The van der Waals surface area contributed by atoms with Crippen LogP contribution in [0.4, 0.5) is 5.82 Å². The number of rotatable bonds is 6. The van der Waals surface area contributed by atoms with Gasteiger partial charge in [0.05, 0.1) is 6.54 Å². The van der Waals surface area contributed by atoms with Gasteiger partial charge in [-0.1, -0.05) is 0 Å². The number of nitrogens with zero attached hydrogens (tertiary/aromatic N) is 7. The summed E-state index contributed by atoms with van der Waals surface area (Å²) in [6.07, 6.45) is 6.41. The quantitative estimate of drug-likeness (QED) is 0.817. The van der Waals surface area contributed by atoms with Crippen molar-refractivity contribution in [3.05, 3.63) is 23.9 Å². The molecule has 1 N–H and O–H groups in total. The normalized spacial score (nSPS) is 22.3. The van der Waals surface area contributed by atoms with Crippen LogP contribution in [0.3, 0.4) is 0 Å². The average Bonchev–Trinajstić information content (AvgIpc) is 3.28. The molecule has 138 valence electrons. The number of hydrogen-bond donors (Lipinski definition) is 1. The van der Waals surface area contributed by atoms with Crippen molar-refractivity contribution in [2.24, 2.45) is 0 Å². The number of aromatic nitrogens is 6. The Kier molecular flexibility index (Phi) is 4.77. The number of aryl methyl sites for hydroxylation is 2. The fraction of sp³-hybridized carbons (Fsp3) is 0.647. The minimum absolute atomic E-state index is 0.0452. The molecule has 2 fully saturated rings. The van der Waals surface area contributed by atoms with E-state index >= 15 is 0 Å². The van der Waals surface area contributed by atoms with Crippen molar-refractivity contribution in [2.75, 3.05) is 18.0 Å².